The lowest BCUT2D eigenvalue weighted by Crippen LogP contribution is -2.39. The van der Waals surface area contributed by atoms with Crippen LogP contribution in [0.4, 0.5) is 0 Å². The number of methoxy groups -OCH3 is 2. The molecule has 1 amide bonds. The van der Waals surface area contributed by atoms with E-state index in [0.717, 1.165) is 26.0 Å². The Balaban J connectivity index is 3.54. The molecule has 0 rings (SSSR count). The lowest BCUT2D eigenvalue weighted by Gasteiger charge is -2.24. The number of hydrogen-bond donors (Lipinski definition) is 2. The minimum atomic E-state index is 0.0358. The molecule has 0 saturated carbocycles. The second-order valence-corrected chi connectivity index (χ2v) is 5.21. The molecule has 0 aliphatic rings. The molecule has 0 aliphatic heterocycles. The Morgan fingerprint density at radius 1 is 1.17 bits per heavy atom. The van der Waals surface area contributed by atoms with Gasteiger partial charge in [0, 0.05) is 40.5 Å². The minimum Gasteiger partial charge on any atom is -0.385 e. The maximum Gasteiger partial charge on any atom is 0.233 e. The molecule has 0 aromatic carbocycles. The normalized spacial score (nSPS) is 11.6. The summed E-state index contributed by atoms with van der Waals surface area (Å²) in [6, 6.07) is 0. The van der Waals surface area contributed by atoms with Crippen LogP contribution in [0.15, 0.2) is 0 Å². The standard InChI is InChI=1S/C13H28N2O3/c1-13(2,6-9-18-4)11-14-10-12(16)15-7-5-8-17-3/h14H,5-11H2,1-4H3,(H,15,16). The molecule has 108 valence electrons. The van der Waals surface area contributed by atoms with Gasteiger partial charge in [-0.25, -0.2) is 0 Å². The Kier molecular flexibility index (Phi) is 9.92. The lowest BCUT2D eigenvalue weighted by molar-refractivity contribution is -0.120. The summed E-state index contributed by atoms with van der Waals surface area (Å²) in [6.45, 7) is 7.59. The molecule has 0 unspecified atom stereocenters. The highest BCUT2D eigenvalue weighted by Crippen LogP contribution is 2.18. The Hall–Kier alpha value is -0.650. The van der Waals surface area contributed by atoms with E-state index < -0.39 is 0 Å². The van der Waals surface area contributed by atoms with E-state index in [1.54, 1.807) is 14.2 Å². The van der Waals surface area contributed by atoms with Gasteiger partial charge < -0.3 is 20.1 Å². The fourth-order valence-corrected chi connectivity index (χ4v) is 1.49. The topological polar surface area (TPSA) is 59.6 Å². The van der Waals surface area contributed by atoms with E-state index in [0.29, 0.717) is 19.7 Å². The van der Waals surface area contributed by atoms with Crippen molar-refractivity contribution in [3.63, 3.8) is 0 Å². The quantitative estimate of drug-likeness (QED) is 0.539. The van der Waals surface area contributed by atoms with Gasteiger partial charge in [0.15, 0.2) is 0 Å². The average Bonchev–Trinajstić information content (AvgIpc) is 2.32. The molecule has 0 heterocycles. The van der Waals surface area contributed by atoms with Gasteiger partial charge >= 0.3 is 0 Å². The van der Waals surface area contributed by atoms with E-state index in [1.165, 1.54) is 0 Å². The largest absolute Gasteiger partial charge is 0.385 e. The van der Waals surface area contributed by atoms with Crippen molar-refractivity contribution in [1.82, 2.24) is 10.6 Å². The lowest BCUT2D eigenvalue weighted by atomic mass is 9.90. The molecule has 0 aliphatic carbocycles. The minimum absolute atomic E-state index is 0.0358. The summed E-state index contributed by atoms with van der Waals surface area (Å²) in [5.41, 5.74) is 0.145. The van der Waals surface area contributed by atoms with Gasteiger partial charge in [-0.05, 0) is 18.3 Å². The SMILES string of the molecule is COCCCNC(=O)CNCC(C)(C)CCOC. The van der Waals surface area contributed by atoms with Crippen molar-refractivity contribution in [2.24, 2.45) is 5.41 Å². The van der Waals surface area contributed by atoms with Crippen molar-refractivity contribution in [2.45, 2.75) is 26.7 Å². The molecule has 0 aromatic heterocycles. The fraction of sp³-hybridized carbons (Fsp3) is 0.923. The molecule has 18 heavy (non-hydrogen) atoms. The van der Waals surface area contributed by atoms with Crippen LogP contribution in [-0.2, 0) is 14.3 Å². The number of rotatable bonds is 11. The molecule has 0 spiro atoms. The molecule has 0 atom stereocenters. The zero-order chi connectivity index (χ0) is 13.9. The molecule has 0 saturated heterocycles. The average molecular weight is 260 g/mol. The predicted octanol–water partition coefficient (Wildman–Crippen LogP) is 0.791. The fourth-order valence-electron chi connectivity index (χ4n) is 1.49. The second kappa shape index (κ2) is 10.3. The van der Waals surface area contributed by atoms with Crippen molar-refractivity contribution in [1.29, 1.82) is 0 Å². The van der Waals surface area contributed by atoms with Gasteiger partial charge in [-0.15, -0.1) is 0 Å². The van der Waals surface area contributed by atoms with Crippen molar-refractivity contribution in [2.75, 3.05) is 47.1 Å². The van der Waals surface area contributed by atoms with Crippen LogP contribution in [0.1, 0.15) is 26.7 Å². The van der Waals surface area contributed by atoms with Gasteiger partial charge in [-0.2, -0.15) is 0 Å². The summed E-state index contributed by atoms with van der Waals surface area (Å²) in [7, 11) is 3.36. The molecule has 5 nitrogen and oxygen atoms in total. The summed E-state index contributed by atoms with van der Waals surface area (Å²) in [4.78, 5) is 11.5. The molecule has 0 bridgehead atoms. The molecular weight excluding hydrogens is 232 g/mol. The number of hydrogen-bond acceptors (Lipinski definition) is 4. The highest BCUT2D eigenvalue weighted by Gasteiger charge is 2.17. The van der Waals surface area contributed by atoms with Gasteiger partial charge in [0.2, 0.25) is 5.91 Å². The molecule has 0 aromatic rings. The van der Waals surface area contributed by atoms with Crippen LogP contribution >= 0.6 is 0 Å². The number of carbonyl (C=O) groups excluding carboxylic acids is 1. The maximum atomic E-state index is 11.5. The van der Waals surface area contributed by atoms with Gasteiger partial charge in [-0.1, -0.05) is 13.8 Å². The monoisotopic (exact) mass is 260 g/mol. The van der Waals surface area contributed by atoms with E-state index in [-0.39, 0.29) is 11.3 Å². The first-order valence-electron chi connectivity index (χ1n) is 6.47. The predicted molar refractivity (Wildman–Crippen MR) is 72.6 cm³/mol. The van der Waals surface area contributed by atoms with Crippen molar-refractivity contribution >= 4 is 5.91 Å². The summed E-state index contributed by atoms with van der Waals surface area (Å²) in [5.74, 6) is 0.0358. The van der Waals surface area contributed by atoms with Crippen LogP contribution in [0, 0.1) is 5.41 Å². The van der Waals surface area contributed by atoms with Crippen LogP contribution < -0.4 is 10.6 Å². The van der Waals surface area contributed by atoms with E-state index in [1.807, 2.05) is 0 Å². The number of nitrogens with one attached hydrogen (secondary N) is 2. The van der Waals surface area contributed by atoms with Crippen LogP contribution in [0.2, 0.25) is 0 Å². The maximum absolute atomic E-state index is 11.5. The first kappa shape index (κ1) is 17.4. The summed E-state index contributed by atoms with van der Waals surface area (Å²) >= 11 is 0. The molecule has 2 N–H and O–H groups in total. The van der Waals surface area contributed by atoms with Gasteiger partial charge in [0.1, 0.15) is 0 Å². The first-order chi connectivity index (χ1) is 8.52. The van der Waals surface area contributed by atoms with Crippen molar-refractivity contribution in [3.05, 3.63) is 0 Å². The van der Waals surface area contributed by atoms with E-state index in [4.69, 9.17) is 9.47 Å². The smallest absolute Gasteiger partial charge is 0.233 e. The zero-order valence-electron chi connectivity index (χ0n) is 12.2. The van der Waals surface area contributed by atoms with Gasteiger partial charge in [0.25, 0.3) is 0 Å². The Bertz CT molecular complexity index is 220. The van der Waals surface area contributed by atoms with Gasteiger partial charge in [-0.3, -0.25) is 4.79 Å². The number of ether oxygens (including phenoxy) is 2. The first-order valence-corrected chi connectivity index (χ1v) is 6.47. The summed E-state index contributed by atoms with van der Waals surface area (Å²) < 4.78 is 9.97. The zero-order valence-corrected chi connectivity index (χ0v) is 12.2. The molecule has 0 fully saturated rings. The second-order valence-electron chi connectivity index (χ2n) is 5.21. The Labute approximate surface area is 111 Å². The Morgan fingerprint density at radius 2 is 1.83 bits per heavy atom. The van der Waals surface area contributed by atoms with E-state index in [9.17, 15) is 4.79 Å². The molecule has 5 heteroatoms. The van der Waals surface area contributed by atoms with E-state index >= 15 is 0 Å². The van der Waals surface area contributed by atoms with Crippen molar-refractivity contribution < 1.29 is 14.3 Å². The van der Waals surface area contributed by atoms with E-state index in [2.05, 4.69) is 24.5 Å². The van der Waals surface area contributed by atoms with Crippen LogP contribution in [0.3, 0.4) is 0 Å². The number of amides is 1. The summed E-state index contributed by atoms with van der Waals surface area (Å²) in [6.07, 6.45) is 1.83. The Morgan fingerprint density at radius 3 is 2.44 bits per heavy atom. The highest BCUT2D eigenvalue weighted by atomic mass is 16.5. The van der Waals surface area contributed by atoms with Crippen LogP contribution in [0.25, 0.3) is 0 Å². The molecule has 0 radical (unpaired) electrons. The summed E-state index contributed by atoms with van der Waals surface area (Å²) in [5, 5.41) is 6.02. The van der Waals surface area contributed by atoms with Crippen LogP contribution in [-0.4, -0.2) is 53.0 Å². The van der Waals surface area contributed by atoms with Crippen molar-refractivity contribution in [3.8, 4) is 0 Å². The third-order valence-electron chi connectivity index (χ3n) is 2.72. The molecular formula is C13H28N2O3. The van der Waals surface area contributed by atoms with Gasteiger partial charge in [0.05, 0.1) is 6.54 Å². The van der Waals surface area contributed by atoms with Crippen LogP contribution in [0.5, 0.6) is 0 Å². The number of carbonyl (C=O) groups is 1. The highest BCUT2D eigenvalue weighted by molar-refractivity contribution is 5.77. The third kappa shape index (κ3) is 10.5. The third-order valence-corrected chi connectivity index (χ3v) is 2.72.